The molecule has 2 N–H and O–H groups in total. The normalized spacial score (nSPS) is 14.9. The molecule has 1 unspecified atom stereocenters. The highest BCUT2D eigenvalue weighted by Gasteiger charge is 2.20. The van der Waals surface area contributed by atoms with Crippen molar-refractivity contribution in [1.29, 1.82) is 0 Å². The molecule has 0 aliphatic carbocycles. The van der Waals surface area contributed by atoms with Crippen molar-refractivity contribution in [2.45, 2.75) is 32.3 Å². The third-order valence-corrected chi connectivity index (χ3v) is 2.40. The number of rotatable bonds is 6. The van der Waals surface area contributed by atoms with Gasteiger partial charge in [-0.15, -0.1) is 0 Å². The summed E-state index contributed by atoms with van der Waals surface area (Å²) in [4.78, 5) is 4.04. The Morgan fingerprint density at radius 3 is 2.93 bits per heavy atom. The molecule has 15 heavy (non-hydrogen) atoms. The zero-order valence-corrected chi connectivity index (χ0v) is 9.53. The van der Waals surface area contributed by atoms with Crippen LogP contribution in [0.3, 0.4) is 0 Å². The molecule has 1 atom stereocenters. The first-order valence-corrected chi connectivity index (χ1v) is 5.46. The fourth-order valence-corrected chi connectivity index (χ4v) is 1.57. The predicted molar refractivity (Wildman–Crippen MR) is 61.7 cm³/mol. The smallest absolute Gasteiger partial charge is 0.0672 e. The zero-order valence-electron chi connectivity index (χ0n) is 9.53. The number of hydrogen-bond acceptors (Lipinski definition) is 3. The van der Waals surface area contributed by atoms with E-state index < -0.39 is 5.60 Å². The second kappa shape index (κ2) is 5.83. The lowest BCUT2D eigenvalue weighted by molar-refractivity contribution is 0.0516. The second-order valence-electron chi connectivity index (χ2n) is 4.14. The summed E-state index contributed by atoms with van der Waals surface area (Å²) in [6, 6.07) is 3.89. The van der Waals surface area contributed by atoms with Crippen LogP contribution in [0.5, 0.6) is 0 Å². The Kier molecular flexibility index (Phi) is 4.72. The SMILES string of the molecule is CCNCCC(C)(O)Cc1cccnc1. The predicted octanol–water partition coefficient (Wildman–Crippen LogP) is 1.37. The molecule has 0 bridgehead atoms. The maximum absolute atomic E-state index is 10.1. The Morgan fingerprint density at radius 2 is 2.33 bits per heavy atom. The van der Waals surface area contributed by atoms with Crippen molar-refractivity contribution >= 4 is 0 Å². The van der Waals surface area contributed by atoms with Crippen LogP contribution < -0.4 is 5.32 Å². The van der Waals surface area contributed by atoms with Crippen molar-refractivity contribution in [2.24, 2.45) is 0 Å². The Labute approximate surface area is 91.5 Å². The first kappa shape index (κ1) is 12.1. The maximum Gasteiger partial charge on any atom is 0.0672 e. The van der Waals surface area contributed by atoms with Gasteiger partial charge < -0.3 is 10.4 Å². The van der Waals surface area contributed by atoms with Gasteiger partial charge in [0.25, 0.3) is 0 Å². The minimum atomic E-state index is -0.648. The summed E-state index contributed by atoms with van der Waals surface area (Å²) in [5.41, 5.74) is 0.435. The summed E-state index contributed by atoms with van der Waals surface area (Å²) >= 11 is 0. The summed E-state index contributed by atoms with van der Waals surface area (Å²) in [7, 11) is 0. The fraction of sp³-hybridized carbons (Fsp3) is 0.583. The number of aliphatic hydroxyl groups is 1. The Bertz CT molecular complexity index is 272. The molecule has 84 valence electrons. The highest BCUT2D eigenvalue weighted by Crippen LogP contribution is 2.15. The van der Waals surface area contributed by atoms with Crippen LogP contribution in [-0.2, 0) is 6.42 Å². The van der Waals surface area contributed by atoms with Crippen molar-refractivity contribution in [2.75, 3.05) is 13.1 Å². The number of nitrogens with zero attached hydrogens (tertiary/aromatic N) is 1. The van der Waals surface area contributed by atoms with Crippen LogP contribution >= 0.6 is 0 Å². The topological polar surface area (TPSA) is 45.1 Å². The van der Waals surface area contributed by atoms with Crippen LogP contribution in [-0.4, -0.2) is 28.8 Å². The molecule has 1 rings (SSSR count). The van der Waals surface area contributed by atoms with E-state index in [2.05, 4.69) is 17.2 Å². The van der Waals surface area contributed by atoms with Gasteiger partial charge in [-0.3, -0.25) is 4.98 Å². The summed E-state index contributed by atoms with van der Waals surface area (Å²) in [6.07, 6.45) is 4.97. The lowest BCUT2D eigenvalue weighted by Crippen LogP contribution is -2.32. The average molecular weight is 208 g/mol. The van der Waals surface area contributed by atoms with Crippen molar-refractivity contribution in [3.63, 3.8) is 0 Å². The van der Waals surface area contributed by atoms with Crippen LogP contribution in [0.2, 0.25) is 0 Å². The molecule has 1 aromatic rings. The van der Waals surface area contributed by atoms with E-state index in [0.717, 1.165) is 25.1 Å². The third kappa shape index (κ3) is 4.91. The maximum atomic E-state index is 10.1. The first-order chi connectivity index (χ1) is 7.14. The summed E-state index contributed by atoms with van der Waals surface area (Å²) < 4.78 is 0. The molecule has 0 amide bonds. The van der Waals surface area contributed by atoms with E-state index in [1.54, 1.807) is 6.20 Å². The monoisotopic (exact) mass is 208 g/mol. The van der Waals surface area contributed by atoms with E-state index in [-0.39, 0.29) is 0 Å². The molecule has 0 aliphatic heterocycles. The van der Waals surface area contributed by atoms with Gasteiger partial charge >= 0.3 is 0 Å². The van der Waals surface area contributed by atoms with Gasteiger partial charge in [-0.1, -0.05) is 13.0 Å². The second-order valence-corrected chi connectivity index (χ2v) is 4.14. The van der Waals surface area contributed by atoms with Gasteiger partial charge in [0.05, 0.1) is 5.60 Å². The van der Waals surface area contributed by atoms with Gasteiger partial charge in [0.1, 0.15) is 0 Å². The summed E-state index contributed by atoms with van der Waals surface area (Å²) in [6.45, 7) is 5.74. The summed E-state index contributed by atoms with van der Waals surface area (Å²) in [5.74, 6) is 0. The minimum absolute atomic E-state index is 0.648. The Hall–Kier alpha value is -0.930. The molecule has 3 nitrogen and oxygen atoms in total. The first-order valence-electron chi connectivity index (χ1n) is 5.46. The van der Waals surface area contributed by atoms with Crippen LogP contribution in [0.1, 0.15) is 25.8 Å². The van der Waals surface area contributed by atoms with Crippen molar-refractivity contribution in [3.8, 4) is 0 Å². The zero-order chi connectivity index (χ0) is 11.1. The van der Waals surface area contributed by atoms with Crippen LogP contribution in [0, 0.1) is 0 Å². The molecule has 0 aromatic carbocycles. The average Bonchev–Trinajstić information content (AvgIpc) is 2.18. The van der Waals surface area contributed by atoms with E-state index in [9.17, 15) is 5.11 Å². The van der Waals surface area contributed by atoms with Crippen LogP contribution in [0.25, 0.3) is 0 Å². The molecule has 0 radical (unpaired) electrons. The lowest BCUT2D eigenvalue weighted by Gasteiger charge is -2.23. The molecule has 0 saturated carbocycles. The molecule has 0 spiro atoms. The van der Waals surface area contributed by atoms with Gasteiger partial charge in [0.2, 0.25) is 0 Å². The molecule has 1 heterocycles. The van der Waals surface area contributed by atoms with Crippen molar-refractivity contribution in [3.05, 3.63) is 30.1 Å². The Balaban J connectivity index is 2.42. The van der Waals surface area contributed by atoms with Crippen molar-refractivity contribution in [1.82, 2.24) is 10.3 Å². The van der Waals surface area contributed by atoms with Crippen LogP contribution in [0.4, 0.5) is 0 Å². The Morgan fingerprint density at radius 1 is 1.53 bits per heavy atom. The quantitative estimate of drug-likeness (QED) is 0.694. The molecular formula is C12H20N2O. The minimum Gasteiger partial charge on any atom is -0.390 e. The van der Waals surface area contributed by atoms with Gasteiger partial charge in [-0.2, -0.15) is 0 Å². The fourth-order valence-electron chi connectivity index (χ4n) is 1.57. The highest BCUT2D eigenvalue weighted by molar-refractivity contribution is 5.11. The molecular weight excluding hydrogens is 188 g/mol. The van der Waals surface area contributed by atoms with Crippen LogP contribution in [0.15, 0.2) is 24.5 Å². The number of nitrogens with one attached hydrogen (secondary N) is 1. The molecule has 3 heteroatoms. The van der Waals surface area contributed by atoms with E-state index in [4.69, 9.17) is 0 Å². The van der Waals surface area contributed by atoms with Crippen molar-refractivity contribution < 1.29 is 5.11 Å². The van der Waals surface area contributed by atoms with Gasteiger partial charge in [-0.05, 0) is 38.1 Å². The van der Waals surface area contributed by atoms with E-state index in [1.165, 1.54) is 0 Å². The largest absolute Gasteiger partial charge is 0.390 e. The number of aromatic nitrogens is 1. The van der Waals surface area contributed by atoms with Gasteiger partial charge in [0, 0.05) is 18.8 Å². The summed E-state index contributed by atoms with van der Waals surface area (Å²) in [5, 5.41) is 13.3. The standard InChI is InChI=1S/C12H20N2O/c1-3-13-8-6-12(2,15)9-11-5-4-7-14-10-11/h4-5,7,10,13,15H,3,6,8-9H2,1-2H3. The third-order valence-electron chi connectivity index (χ3n) is 2.40. The molecule has 1 aromatic heterocycles. The molecule has 0 aliphatic rings. The molecule has 0 fully saturated rings. The van der Waals surface area contributed by atoms with E-state index in [0.29, 0.717) is 6.42 Å². The van der Waals surface area contributed by atoms with E-state index in [1.807, 2.05) is 25.3 Å². The van der Waals surface area contributed by atoms with Gasteiger partial charge in [-0.25, -0.2) is 0 Å². The number of pyridine rings is 1. The highest BCUT2D eigenvalue weighted by atomic mass is 16.3. The van der Waals surface area contributed by atoms with E-state index >= 15 is 0 Å². The number of hydrogen-bond donors (Lipinski definition) is 2. The van der Waals surface area contributed by atoms with Gasteiger partial charge in [0.15, 0.2) is 0 Å². The lowest BCUT2D eigenvalue weighted by atomic mass is 9.94. The molecule has 0 saturated heterocycles.